The lowest BCUT2D eigenvalue weighted by molar-refractivity contribution is -0.117. The van der Waals surface area contributed by atoms with E-state index in [1.165, 1.54) is 14.0 Å². The van der Waals surface area contributed by atoms with Gasteiger partial charge in [-0.25, -0.2) is 9.59 Å². The molecule has 0 radical (unpaired) electrons. The van der Waals surface area contributed by atoms with E-state index < -0.39 is 30.0 Å². The fourth-order valence-electron chi connectivity index (χ4n) is 2.78. The minimum absolute atomic E-state index is 0.00791. The normalized spacial score (nSPS) is 10.7. The molecule has 3 aromatic rings. The Bertz CT molecular complexity index is 1200. The fourth-order valence-corrected chi connectivity index (χ4v) is 3.84. The predicted molar refractivity (Wildman–Crippen MR) is 114 cm³/mol. The van der Waals surface area contributed by atoms with E-state index in [1.807, 2.05) is 0 Å². The predicted octanol–water partition coefficient (Wildman–Crippen LogP) is 0.340. The number of para-hydroxylation sites is 1. The lowest BCUT2D eigenvalue weighted by Gasteiger charge is -2.08. The minimum Gasteiger partial charge on any atom is -0.460 e. The number of methoxy groups -OCH3 is 1. The molecule has 0 fully saturated rings. The number of nitrogens with one attached hydrogen (secondary N) is 1. The first kappa shape index (κ1) is 22.8. The second kappa shape index (κ2) is 9.98. The van der Waals surface area contributed by atoms with Crippen molar-refractivity contribution in [2.24, 2.45) is 5.73 Å². The molecule has 0 aliphatic heterocycles. The van der Waals surface area contributed by atoms with Gasteiger partial charge in [0.25, 0.3) is 5.91 Å². The summed E-state index contributed by atoms with van der Waals surface area (Å²) in [6.07, 6.45) is 0. The highest BCUT2D eigenvalue weighted by atomic mass is 32.1. The maximum Gasteiger partial charge on any atom is 0.368 e. The first-order valence-electron chi connectivity index (χ1n) is 9.30. The third-order valence-corrected chi connectivity index (χ3v) is 5.50. The molecule has 12 nitrogen and oxygen atoms in total. The van der Waals surface area contributed by atoms with Crippen molar-refractivity contribution >= 4 is 34.1 Å². The summed E-state index contributed by atoms with van der Waals surface area (Å²) in [5, 5.41) is 10.1. The van der Waals surface area contributed by atoms with Crippen LogP contribution < -0.4 is 16.7 Å². The number of hydrogen-bond acceptors (Lipinski definition) is 9. The number of esters is 1. The Kier molecular flexibility index (Phi) is 7.12. The van der Waals surface area contributed by atoms with Crippen molar-refractivity contribution in [3.63, 3.8) is 0 Å². The minimum atomic E-state index is -0.749. The SMILES string of the molecule is COCCOC(=O)c1c(NC(=O)Cn2nnn(-c3ccccc3)c2=O)sc(C(N)=O)c1C. The van der Waals surface area contributed by atoms with Crippen LogP contribution in [0.25, 0.3) is 5.69 Å². The number of carbonyl (C=O) groups is 3. The van der Waals surface area contributed by atoms with Crippen LogP contribution in [-0.4, -0.2) is 57.9 Å². The first-order chi connectivity index (χ1) is 15.3. The molecule has 13 heteroatoms. The zero-order chi connectivity index (χ0) is 23.3. The molecule has 2 amide bonds. The van der Waals surface area contributed by atoms with Gasteiger partial charge in [-0.2, -0.15) is 9.36 Å². The van der Waals surface area contributed by atoms with Crippen molar-refractivity contribution in [3.8, 4) is 5.69 Å². The smallest absolute Gasteiger partial charge is 0.368 e. The number of rotatable bonds is 9. The molecule has 0 unspecified atom stereocenters. The van der Waals surface area contributed by atoms with Gasteiger partial charge in [0.05, 0.1) is 22.7 Å². The average Bonchev–Trinajstić information content (AvgIpc) is 3.28. The molecular formula is C19H20N6O6S. The second-order valence-corrected chi connectivity index (χ2v) is 7.49. The molecule has 32 heavy (non-hydrogen) atoms. The van der Waals surface area contributed by atoms with Gasteiger partial charge in [-0.05, 0) is 35.0 Å². The van der Waals surface area contributed by atoms with Gasteiger partial charge < -0.3 is 20.5 Å². The van der Waals surface area contributed by atoms with E-state index in [4.69, 9.17) is 15.2 Å². The number of ether oxygens (including phenoxy) is 2. The summed E-state index contributed by atoms with van der Waals surface area (Å²) in [4.78, 5) is 49.4. The molecule has 0 saturated carbocycles. The van der Waals surface area contributed by atoms with Gasteiger partial charge in [0.2, 0.25) is 5.91 Å². The molecule has 2 heterocycles. The summed E-state index contributed by atoms with van der Waals surface area (Å²) < 4.78 is 11.9. The van der Waals surface area contributed by atoms with E-state index >= 15 is 0 Å². The number of primary amides is 1. The van der Waals surface area contributed by atoms with Crippen molar-refractivity contribution in [2.45, 2.75) is 13.5 Å². The van der Waals surface area contributed by atoms with Crippen LogP contribution in [0.2, 0.25) is 0 Å². The highest BCUT2D eigenvalue weighted by Gasteiger charge is 2.26. The topological polar surface area (TPSA) is 160 Å². The largest absolute Gasteiger partial charge is 0.460 e. The average molecular weight is 460 g/mol. The standard InChI is InChI=1S/C19H20N6O6S/c1-11-14(18(28)31-9-8-30-2)17(32-15(11)16(20)27)21-13(26)10-24-19(29)25(23-22-24)12-6-4-3-5-7-12/h3-7H,8-10H2,1-2H3,(H2,20,27)(H,21,26). The van der Waals surface area contributed by atoms with Crippen LogP contribution in [0.3, 0.4) is 0 Å². The molecule has 168 valence electrons. The Hall–Kier alpha value is -3.84. The summed E-state index contributed by atoms with van der Waals surface area (Å²) in [7, 11) is 1.45. The number of nitrogens with zero attached hydrogens (tertiary/aromatic N) is 4. The maximum atomic E-state index is 12.6. The number of nitrogens with two attached hydrogens (primary N) is 1. The summed E-state index contributed by atoms with van der Waals surface area (Å²) in [5.74, 6) is -2.15. The molecule has 0 aliphatic rings. The molecule has 0 spiro atoms. The van der Waals surface area contributed by atoms with E-state index in [9.17, 15) is 19.2 Å². The van der Waals surface area contributed by atoms with Crippen molar-refractivity contribution in [3.05, 3.63) is 56.8 Å². The van der Waals surface area contributed by atoms with Crippen LogP contribution in [0, 0.1) is 6.92 Å². The van der Waals surface area contributed by atoms with Gasteiger partial charge in [0.15, 0.2) is 0 Å². The van der Waals surface area contributed by atoms with Gasteiger partial charge in [0, 0.05) is 7.11 Å². The Morgan fingerprint density at radius 1 is 1.16 bits per heavy atom. The molecule has 2 aromatic heterocycles. The monoisotopic (exact) mass is 460 g/mol. The van der Waals surface area contributed by atoms with E-state index in [1.54, 1.807) is 30.3 Å². The summed E-state index contributed by atoms with van der Waals surface area (Å²) in [5.41, 5.74) is 5.53. The van der Waals surface area contributed by atoms with Crippen molar-refractivity contribution in [1.29, 1.82) is 0 Å². The van der Waals surface area contributed by atoms with Crippen molar-refractivity contribution in [1.82, 2.24) is 19.8 Å². The third-order valence-electron chi connectivity index (χ3n) is 4.28. The van der Waals surface area contributed by atoms with Gasteiger partial charge in [0.1, 0.15) is 18.2 Å². The lowest BCUT2D eigenvalue weighted by Crippen LogP contribution is -2.29. The van der Waals surface area contributed by atoms with Crippen LogP contribution in [0.15, 0.2) is 35.1 Å². The van der Waals surface area contributed by atoms with Crippen LogP contribution in [0.4, 0.5) is 5.00 Å². The van der Waals surface area contributed by atoms with E-state index in [2.05, 4.69) is 15.7 Å². The number of aromatic nitrogens is 4. The Balaban J connectivity index is 1.81. The van der Waals surface area contributed by atoms with Gasteiger partial charge in [-0.3, -0.25) is 9.59 Å². The van der Waals surface area contributed by atoms with Crippen molar-refractivity contribution < 1.29 is 23.9 Å². The zero-order valence-electron chi connectivity index (χ0n) is 17.2. The molecule has 0 bridgehead atoms. The van der Waals surface area contributed by atoms with Crippen LogP contribution in [0.1, 0.15) is 25.6 Å². The molecule has 3 N–H and O–H groups in total. The quantitative estimate of drug-likeness (QED) is 0.341. The number of hydrogen-bond donors (Lipinski definition) is 2. The molecule has 0 atom stereocenters. The molecule has 0 aliphatic carbocycles. The van der Waals surface area contributed by atoms with E-state index in [0.29, 0.717) is 5.69 Å². The van der Waals surface area contributed by atoms with Crippen molar-refractivity contribution in [2.75, 3.05) is 25.6 Å². The summed E-state index contributed by atoms with van der Waals surface area (Å²) in [6.45, 7) is 1.23. The molecular weight excluding hydrogens is 440 g/mol. The second-order valence-electron chi connectivity index (χ2n) is 6.47. The maximum absolute atomic E-state index is 12.6. The lowest BCUT2D eigenvalue weighted by atomic mass is 10.1. The molecule has 1 aromatic carbocycles. The van der Waals surface area contributed by atoms with Crippen LogP contribution >= 0.6 is 11.3 Å². The van der Waals surface area contributed by atoms with Crippen LogP contribution in [0.5, 0.6) is 0 Å². The summed E-state index contributed by atoms with van der Waals surface area (Å²) >= 11 is 0.840. The van der Waals surface area contributed by atoms with Gasteiger partial charge in [-0.1, -0.05) is 18.2 Å². The fraction of sp³-hybridized carbons (Fsp3) is 0.263. The Morgan fingerprint density at radius 3 is 2.53 bits per heavy atom. The molecule has 3 rings (SSSR count). The van der Waals surface area contributed by atoms with Gasteiger partial charge in [-0.15, -0.1) is 11.3 Å². The zero-order valence-corrected chi connectivity index (χ0v) is 18.0. The van der Waals surface area contributed by atoms with E-state index in [-0.39, 0.29) is 34.2 Å². The summed E-state index contributed by atoms with van der Waals surface area (Å²) in [6, 6.07) is 8.59. The Morgan fingerprint density at radius 2 is 1.88 bits per heavy atom. The number of thiophene rings is 1. The van der Waals surface area contributed by atoms with E-state index in [0.717, 1.165) is 20.7 Å². The Labute approximate surface area is 185 Å². The number of carbonyl (C=O) groups excluding carboxylic acids is 3. The third kappa shape index (κ3) is 4.90. The molecule has 0 saturated heterocycles. The highest BCUT2D eigenvalue weighted by Crippen LogP contribution is 2.33. The number of tetrazole rings is 1. The number of benzene rings is 1. The first-order valence-corrected chi connectivity index (χ1v) is 10.1. The van der Waals surface area contributed by atoms with Crippen LogP contribution in [-0.2, 0) is 20.8 Å². The number of anilines is 1. The highest BCUT2D eigenvalue weighted by molar-refractivity contribution is 7.18. The number of amides is 2. The van der Waals surface area contributed by atoms with Gasteiger partial charge >= 0.3 is 11.7 Å².